The van der Waals surface area contributed by atoms with Gasteiger partial charge in [0.05, 0.1) is 11.4 Å². The number of carbonyl (C=O) groups excluding carboxylic acids is 2. The van der Waals surface area contributed by atoms with Crippen molar-refractivity contribution in [1.82, 2.24) is 14.5 Å². The SMILES string of the molecule is Cc1ccc(S(=O)(=O)N2CC(=O)N(C3CCCC3)[C@](C)(C(=O)NCc3ccccc3)C2)cc1. The Morgan fingerprint density at radius 3 is 2.33 bits per heavy atom. The van der Waals surface area contributed by atoms with E-state index in [-0.39, 0.29) is 35.8 Å². The number of hydrogen-bond acceptors (Lipinski definition) is 4. The van der Waals surface area contributed by atoms with Crippen LogP contribution in [0.25, 0.3) is 0 Å². The van der Waals surface area contributed by atoms with Crippen molar-refractivity contribution in [1.29, 1.82) is 0 Å². The van der Waals surface area contributed by atoms with E-state index in [1.54, 1.807) is 36.1 Å². The maximum absolute atomic E-state index is 13.5. The summed E-state index contributed by atoms with van der Waals surface area (Å²) in [6.07, 6.45) is 3.67. The van der Waals surface area contributed by atoms with Crippen molar-refractivity contribution in [2.75, 3.05) is 13.1 Å². The highest BCUT2D eigenvalue weighted by Crippen LogP contribution is 2.34. The molecule has 1 aliphatic carbocycles. The fourth-order valence-corrected chi connectivity index (χ4v) is 6.41. The van der Waals surface area contributed by atoms with Crippen LogP contribution in [-0.2, 0) is 26.2 Å². The lowest BCUT2D eigenvalue weighted by molar-refractivity contribution is -0.156. The molecule has 0 bridgehead atoms. The molecule has 2 amide bonds. The highest BCUT2D eigenvalue weighted by atomic mass is 32.2. The summed E-state index contributed by atoms with van der Waals surface area (Å²) in [5.41, 5.74) is 0.589. The second kappa shape index (κ2) is 9.27. The molecule has 1 saturated carbocycles. The Hall–Kier alpha value is -2.71. The zero-order valence-corrected chi connectivity index (χ0v) is 20.0. The van der Waals surface area contributed by atoms with Crippen LogP contribution in [0.15, 0.2) is 59.5 Å². The molecule has 33 heavy (non-hydrogen) atoms. The van der Waals surface area contributed by atoms with Gasteiger partial charge in [-0.05, 0) is 44.4 Å². The predicted octanol–water partition coefficient (Wildman–Crippen LogP) is 2.85. The van der Waals surface area contributed by atoms with E-state index < -0.39 is 15.6 Å². The smallest absolute Gasteiger partial charge is 0.247 e. The van der Waals surface area contributed by atoms with Crippen LogP contribution < -0.4 is 5.32 Å². The van der Waals surface area contributed by atoms with Crippen LogP contribution in [0.3, 0.4) is 0 Å². The largest absolute Gasteiger partial charge is 0.350 e. The molecule has 1 N–H and O–H groups in total. The average molecular weight is 470 g/mol. The Morgan fingerprint density at radius 1 is 1.06 bits per heavy atom. The average Bonchev–Trinajstić information content (AvgIpc) is 3.32. The van der Waals surface area contributed by atoms with Crippen molar-refractivity contribution >= 4 is 21.8 Å². The number of rotatable bonds is 6. The van der Waals surface area contributed by atoms with Gasteiger partial charge in [-0.15, -0.1) is 0 Å². The number of nitrogens with one attached hydrogen (secondary N) is 1. The van der Waals surface area contributed by atoms with Crippen molar-refractivity contribution in [2.24, 2.45) is 0 Å². The highest BCUT2D eigenvalue weighted by Gasteiger charge is 2.52. The van der Waals surface area contributed by atoms with Crippen molar-refractivity contribution in [3.63, 3.8) is 0 Å². The van der Waals surface area contributed by atoms with E-state index in [9.17, 15) is 18.0 Å². The first-order valence-corrected chi connectivity index (χ1v) is 12.9. The molecule has 1 aliphatic heterocycles. The third-order valence-corrected chi connectivity index (χ3v) is 8.54. The van der Waals surface area contributed by atoms with Crippen molar-refractivity contribution in [3.05, 3.63) is 65.7 Å². The van der Waals surface area contributed by atoms with Crippen molar-refractivity contribution in [3.8, 4) is 0 Å². The standard InChI is InChI=1S/C25H31N3O4S/c1-19-12-14-22(15-13-19)33(31,32)27-17-23(29)28(21-10-6-7-11-21)25(2,18-27)24(30)26-16-20-8-4-3-5-9-20/h3-5,8-9,12-15,21H,6-7,10-11,16-18H2,1-2H3,(H,26,30)/t25-/m0/s1. The van der Waals surface area contributed by atoms with Gasteiger partial charge < -0.3 is 10.2 Å². The lowest BCUT2D eigenvalue weighted by Crippen LogP contribution is -2.71. The van der Waals surface area contributed by atoms with Crippen LogP contribution in [0.4, 0.5) is 0 Å². The molecule has 0 aromatic heterocycles. The van der Waals surface area contributed by atoms with Gasteiger partial charge in [-0.2, -0.15) is 4.31 Å². The van der Waals surface area contributed by atoms with E-state index in [2.05, 4.69) is 5.32 Å². The maximum atomic E-state index is 13.5. The van der Waals surface area contributed by atoms with Gasteiger partial charge in [0, 0.05) is 19.1 Å². The summed E-state index contributed by atoms with van der Waals surface area (Å²) >= 11 is 0. The minimum atomic E-state index is -3.92. The molecular formula is C25H31N3O4S. The van der Waals surface area contributed by atoms with Gasteiger partial charge in [0.15, 0.2) is 0 Å². The van der Waals surface area contributed by atoms with Crippen LogP contribution in [0, 0.1) is 6.92 Å². The number of hydrogen-bond donors (Lipinski definition) is 1. The third-order valence-electron chi connectivity index (χ3n) is 6.73. The van der Waals surface area contributed by atoms with E-state index in [1.165, 1.54) is 0 Å². The molecule has 0 spiro atoms. The summed E-state index contributed by atoms with van der Waals surface area (Å²) in [5.74, 6) is -0.656. The van der Waals surface area contributed by atoms with Gasteiger partial charge >= 0.3 is 0 Å². The number of aryl methyl sites for hydroxylation is 1. The van der Waals surface area contributed by atoms with Crippen LogP contribution >= 0.6 is 0 Å². The maximum Gasteiger partial charge on any atom is 0.247 e. The quantitative estimate of drug-likeness (QED) is 0.705. The highest BCUT2D eigenvalue weighted by molar-refractivity contribution is 7.89. The minimum Gasteiger partial charge on any atom is -0.350 e. The Labute approximate surface area is 195 Å². The summed E-state index contributed by atoms with van der Waals surface area (Å²) in [4.78, 5) is 28.7. The number of nitrogens with zero attached hydrogens (tertiary/aromatic N) is 2. The predicted molar refractivity (Wildman–Crippen MR) is 126 cm³/mol. The molecule has 2 aromatic rings. The number of amides is 2. The fourth-order valence-electron chi connectivity index (χ4n) is 4.93. The zero-order valence-electron chi connectivity index (χ0n) is 19.2. The summed E-state index contributed by atoms with van der Waals surface area (Å²) in [5, 5.41) is 2.95. The molecule has 1 saturated heterocycles. The second-order valence-electron chi connectivity index (χ2n) is 9.23. The van der Waals surface area contributed by atoms with Gasteiger partial charge in [0.2, 0.25) is 21.8 Å². The lowest BCUT2D eigenvalue weighted by Gasteiger charge is -2.49. The molecule has 2 aromatic carbocycles. The fraction of sp³-hybridized carbons (Fsp3) is 0.440. The summed E-state index contributed by atoms with van der Waals surface area (Å²) in [7, 11) is -3.92. The number of carbonyl (C=O) groups is 2. The normalized spacial score (nSPS) is 22.5. The molecule has 2 aliphatic rings. The Bertz CT molecular complexity index is 1110. The molecule has 1 heterocycles. The van der Waals surface area contributed by atoms with E-state index in [4.69, 9.17) is 0 Å². The number of benzene rings is 2. The second-order valence-corrected chi connectivity index (χ2v) is 11.2. The Kier molecular flexibility index (Phi) is 6.59. The summed E-state index contributed by atoms with van der Waals surface area (Å²) in [6, 6.07) is 16.0. The molecule has 4 rings (SSSR count). The molecule has 8 heteroatoms. The van der Waals surface area contributed by atoms with E-state index in [0.29, 0.717) is 6.54 Å². The van der Waals surface area contributed by atoms with Gasteiger partial charge in [0.25, 0.3) is 0 Å². The first-order valence-electron chi connectivity index (χ1n) is 11.4. The molecule has 7 nitrogen and oxygen atoms in total. The first kappa shape index (κ1) is 23.4. The molecule has 0 radical (unpaired) electrons. The number of sulfonamides is 1. The molecule has 2 fully saturated rings. The van der Waals surface area contributed by atoms with Crippen molar-refractivity contribution < 1.29 is 18.0 Å². The first-order chi connectivity index (χ1) is 15.7. The molecule has 1 atom stereocenters. The van der Waals surface area contributed by atoms with Crippen LogP contribution in [0.5, 0.6) is 0 Å². The van der Waals surface area contributed by atoms with E-state index in [0.717, 1.165) is 41.1 Å². The minimum absolute atomic E-state index is 0.0470. The van der Waals surface area contributed by atoms with Gasteiger partial charge in [-0.25, -0.2) is 8.42 Å². The van der Waals surface area contributed by atoms with Gasteiger partial charge in [0.1, 0.15) is 5.54 Å². The zero-order chi connectivity index (χ0) is 23.6. The van der Waals surface area contributed by atoms with E-state index in [1.807, 2.05) is 37.3 Å². The van der Waals surface area contributed by atoms with Gasteiger partial charge in [-0.1, -0.05) is 60.9 Å². The molecule has 0 unspecified atom stereocenters. The Balaban J connectivity index is 1.64. The Morgan fingerprint density at radius 2 is 1.70 bits per heavy atom. The number of piperazine rings is 1. The third kappa shape index (κ3) is 4.68. The van der Waals surface area contributed by atoms with Crippen LogP contribution in [0.2, 0.25) is 0 Å². The topological polar surface area (TPSA) is 86.8 Å². The van der Waals surface area contributed by atoms with E-state index >= 15 is 0 Å². The summed E-state index contributed by atoms with van der Waals surface area (Å²) < 4.78 is 27.9. The monoisotopic (exact) mass is 469 g/mol. The van der Waals surface area contributed by atoms with Gasteiger partial charge in [-0.3, -0.25) is 9.59 Å². The van der Waals surface area contributed by atoms with Crippen LogP contribution in [0.1, 0.15) is 43.7 Å². The molecule has 176 valence electrons. The van der Waals surface area contributed by atoms with Crippen LogP contribution in [-0.4, -0.2) is 54.1 Å². The van der Waals surface area contributed by atoms with Crippen molar-refractivity contribution in [2.45, 2.75) is 62.6 Å². The lowest BCUT2D eigenvalue weighted by atomic mass is 9.92. The molecular weight excluding hydrogens is 438 g/mol. The summed E-state index contributed by atoms with van der Waals surface area (Å²) in [6.45, 7) is 3.56.